The summed E-state index contributed by atoms with van der Waals surface area (Å²) >= 11 is 0. The predicted octanol–water partition coefficient (Wildman–Crippen LogP) is 6.71. The molecule has 0 aromatic carbocycles. The van der Waals surface area contributed by atoms with Crippen molar-refractivity contribution in [3.05, 3.63) is 12.7 Å². The van der Waals surface area contributed by atoms with Crippen LogP contribution in [0.2, 0.25) is 39.3 Å². The highest BCUT2D eigenvalue weighted by molar-refractivity contribution is 6.70. The van der Waals surface area contributed by atoms with Gasteiger partial charge in [-0.2, -0.15) is 0 Å². The molecular weight excluding hydrogens is 831 g/mol. The van der Waals surface area contributed by atoms with Crippen LogP contribution in [0.25, 0.3) is 0 Å². The zero-order chi connectivity index (χ0) is 47.5. The third-order valence-electron chi connectivity index (χ3n) is 13.2. The molecule has 62 heavy (non-hydrogen) atoms. The van der Waals surface area contributed by atoms with E-state index in [-0.39, 0.29) is 49.9 Å². The molecular formula is C46H87NO13Si2. The first kappa shape index (κ1) is 55.2. The van der Waals surface area contributed by atoms with Gasteiger partial charge in [-0.1, -0.05) is 33.8 Å². The van der Waals surface area contributed by atoms with Crippen LogP contribution in [0.3, 0.4) is 0 Å². The van der Waals surface area contributed by atoms with Crippen LogP contribution in [0.5, 0.6) is 0 Å². The van der Waals surface area contributed by atoms with Gasteiger partial charge in [-0.3, -0.25) is 9.59 Å². The van der Waals surface area contributed by atoms with Crippen LogP contribution >= 0.6 is 0 Å². The number of aliphatic hydroxyl groups is 2. The molecule has 1 unspecified atom stereocenters. The Kier molecular flexibility index (Phi) is 19.3. The van der Waals surface area contributed by atoms with Crippen LogP contribution in [0.4, 0.5) is 0 Å². The number of ketones is 1. The summed E-state index contributed by atoms with van der Waals surface area (Å²) < 4.78 is 60.5. The summed E-state index contributed by atoms with van der Waals surface area (Å²) in [6.07, 6.45) is -4.86. The van der Waals surface area contributed by atoms with Crippen molar-refractivity contribution in [3.63, 3.8) is 0 Å². The molecule has 2 N–H and O–H groups in total. The number of ether oxygens (including phenoxy) is 7. The number of carbonyl (C=O) groups is 2. The molecule has 0 saturated carbocycles. The second-order valence-corrected chi connectivity index (χ2v) is 30.4. The van der Waals surface area contributed by atoms with Crippen LogP contribution in [0, 0.1) is 23.7 Å². The van der Waals surface area contributed by atoms with E-state index in [1.165, 1.54) is 6.92 Å². The maximum absolute atomic E-state index is 14.6. The zero-order valence-corrected chi connectivity index (χ0v) is 43.8. The van der Waals surface area contributed by atoms with Crippen molar-refractivity contribution in [2.75, 3.05) is 27.8 Å². The maximum Gasteiger partial charge on any atom is 0.311 e. The van der Waals surface area contributed by atoms with Gasteiger partial charge in [-0.25, -0.2) is 0 Å². The third-order valence-corrected chi connectivity index (χ3v) is 15.2. The van der Waals surface area contributed by atoms with Crippen molar-refractivity contribution >= 4 is 28.4 Å². The first-order chi connectivity index (χ1) is 28.4. The molecule has 3 fully saturated rings. The van der Waals surface area contributed by atoms with Crippen LogP contribution < -0.4 is 0 Å². The third kappa shape index (κ3) is 13.5. The number of Topliss-reactive ketones (excluding diaryl/α,β-unsaturated/α-hetero) is 1. The lowest BCUT2D eigenvalue weighted by atomic mass is 9.73. The molecule has 0 aromatic heterocycles. The molecule has 18 atom stereocenters. The Balaban J connectivity index is 2.34. The highest BCUT2D eigenvalue weighted by Crippen LogP contribution is 2.43. The Bertz CT molecular complexity index is 1470. The van der Waals surface area contributed by atoms with E-state index in [4.69, 9.17) is 42.0 Å². The summed E-state index contributed by atoms with van der Waals surface area (Å²) in [6.45, 7) is 35.0. The van der Waals surface area contributed by atoms with Gasteiger partial charge in [0.25, 0.3) is 0 Å². The van der Waals surface area contributed by atoms with Crippen LogP contribution in [-0.4, -0.2) is 156 Å². The largest absolute Gasteiger partial charge is 0.459 e. The molecule has 3 aliphatic rings. The highest BCUT2D eigenvalue weighted by Gasteiger charge is 2.55. The van der Waals surface area contributed by atoms with E-state index in [1.54, 1.807) is 40.9 Å². The van der Waals surface area contributed by atoms with E-state index >= 15 is 0 Å². The number of hydrogen-bond acceptors (Lipinski definition) is 14. The monoisotopic (exact) mass is 918 g/mol. The second-order valence-electron chi connectivity index (χ2n) is 21.4. The number of likely N-dealkylation sites (N-methyl/N-ethyl adjacent to an activating group) is 1. The molecule has 16 heteroatoms. The molecule has 362 valence electrons. The van der Waals surface area contributed by atoms with Gasteiger partial charge in [0.1, 0.15) is 23.6 Å². The number of methoxy groups -OCH3 is 1. The Morgan fingerprint density at radius 2 is 1.45 bits per heavy atom. The standard InChI is InChI=1S/C46H87NO13Si2/c1-21-23-53-45(10)25-27(3)36(48)29(5)39(49)46(11,51)34(22-2)56-42(50)31(7)37(57-35-26-44(9,52-14)41(32(8)55-35)60-62(18,19)20)30(6)40(45)58-43-38(59-61(15,16)17)33(47(12)13)24-28(4)54-43/h21,27-35,37-41,43,49,51H,1,22-26H2,2-20H3/t27-,28-,29+,30+,31-,32+,33+,34-,35+,37+,38-,39-,40-,41+,43+,44?,45-,46-/m1/s1. The fraction of sp³-hybridized carbons (Fsp3) is 0.913. The quantitative estimate of drug-likeness (QED) is 0.107. The van der Waals surface area contributed by atoms with Gasteiger partial charge in [-0.15, -0.1) is 6.58 Å². The summed E-state index contributed by atoms with van der Waals surface area (Å²) in [4.78, 5) is 31.2. The van der Waals surface area contributed by atoms with Crippen LogP contribution in [-0.2, 0) is 51.6 Å². The van der Waals surface area contributed by atoms with E-state index in [0.29, 0.717) is 6.42 Å². The van der Waals surface area contributed by atoms with Gasteiger partial charge in [0.05, 0.1) is 60.4 Å². The SMILES string of the molecule is C=CCO[C@]1(C)C[C@@H](C)C(=O)[C@H](C)[C@@H](O)[C@](C)(O)[C@@H](CC)OC(=O)[C@H](C)[C@@H](O[C@H]2CC(C)(OC)[C@@H](O[Si](C)(C)C)[C@H](C)O2)[C@H](C)[C@H]1O[C@@H]1O[C@H](C)C[C@H](N(C)C)[C@H]1O[Si](C)(C)C. The van der Waals surface area contributed by atoms with E-state index in [1.807, 2.05) is 48.7 Å². The molecule has 14 nitrogen and oxygen atoms in total. The lowest BCUT2D eigenvalue weighted by molar-refractivity contribution is -0.317. The normalized spacial score (nSPS) is 43.5. The Morgan fingerprint density at radius 3 is 1.97 bits per heavy atom. The van der Waals surface area contributed by atoms with Gasteiger partial charge >= 0.3 is 5.97 Å². The molecule has 0 radical (unpaired) electrons. The van der Waals surface area contributed by atoms with E-state index in [2.05, 4.69) is 50.8 Å². The number of carbonyl (C=O) groups excluding carboxylic acids is 2. The maximum atomic E-state index is 14.6. The lowest BCUT2D eigenvalue weighted by Crippen LogP contribution is -2.63. The minimum absolute atomic E-state index is 0.0534. The minimum atomic E-state index is -2.20. The summed E-state index contributed by atoms with van der Waals surface area (Å²) in [5.74, 6) is -4.29. The number of rotatable bonds is 14. The molecule has 0 amide bonds. The van der Waals surface area contributed by atoms with Gasteiger partial charge < -0.3 is 57.1 Å². The van der Waals surface area contributed by atoms with E-state index < -0.39 is 112 Å². The van der Waals surface area contributed by atoms with Gasteiger partial charge in [0, 0.05) is 37.3 Å². The molecule has 3 heterocycles. The number of aliphatic hydroxyl groups excluding tert-OH is 1. The highest BCUT2D eigenvalue weighted by atomic mass is 28.4. The Hall–Kier alpha value is -1.13. The van der Waals surface area contributed by atoms with Crippen LogP contribution in [0.15, 0.2) is 12.7 Å². The van der Waals surface area contributed by atoms with Crippen molar-refractivity contribution in [1.29, 1.82) is 0 Å². The number of nitrogens with zero attached hydrogens (tertiary/aromatic N) is 1. The zero-order valence-electron chi connectivity index (χ0n) is 41.8. The van der Waals surface area contributed by atoms with Gasteiger partial charge in [0.15, 0.2) is 29.2 Å². The number of esters is 1. The predicted molar refractivity (Wildman–Crippen MR) is 245 cm³/mol. The van der Waals surface area contributed by atoms with Crippen molar-refractivity contribution in [3.8, 4) is 0 Å². The second kappa shape index (κ2) is 21.7. The Labute approximate surface area is 376 Å². The van der Waals surface area contributed by atoms with E-state index in [0.717, 1.165) is 0 Å². The lowest BCUT2D eigenvalue weighted by Gasteiger charge is -2.51. The van der Waals surface area contributed by atoms with Gasteiger partial charge in [-0.05, 0) is 114 Å². The van der Waals surface area contributed by atoms with Crippen LogP contribution in [0.1, 0.15) is 94.9 Å². The molecule has 3 saturated heterocycles. The number of hydrogen-bond donors (Lipinski definition) is 2. The number of cyclic esters (lactones) is 1. The van der Waals surface area contributed by atoms with Crippen molar-refractivity contribution < 1.29 is 61.8 Å². The molecule has 0 aromatic rings. The smallest absolute Gasteiger partial charge is 0.311 e. The minimum Gasteiger partial charge on any atom is -0.459 e. The molecule has 0 aliphatic carbocycles. The summed E-state index contributed by atoms with van der Waals surface area (Å²) in [5, 5.41) is 23.6. The van der Waals surface area contributed by atoms with E-state index in [9.17, 15) is 19.8 Å². The van der Waals surface area contributed by atoms with Gasteiger partial charge in [0.2, 0.25) is 0 Å². The first-order valence-corrected chi connectivity index (χ1v) is 29.8. The average Bonchev–Trinajstić information content (AvgIpc) is 3.16. The fourth-order valence-electron chi connectivity index (χ4n) is 9.88. The molecule has 3 rings (SSSR count). The summed E-state index contributed by atoms with van der Waals surface area (Å²) in [6, 6.07) is -0.0534. The van der Waals surface area contributed by atoms with Crippen molar-refractivity contribution in [2.45, 2.75) is 218 Å². The van der Waals surface area contributed by atoms with Crippen molar-refractivity contribution in [1.82, 2.24) is 4.90 Å². The topological polar surface area (TPSA) is 161 Å². The molecule has 3 aliphatic heterocycles. The fourth-order valence-corrected chi connectivity index (χ4v) is 12.2. The van der Waals surface area contributed by atoms with Crippen molar-refractivity contribution in [2.24, 2.45) is 23.7 Å². The average molecular weight is 918 g/mol. The molecule has 0 bridgehead atoms. The summed E-state index contributed by atoms with van der Waals surface area (Å²) in [5.41, 5.74) is -4.02. The molecule has 0 spiro atoms. The Morgan fingerprint density at radius 1 is 0.855 bits per heavy atom. The summed E-state index contributed by atoms with van der Waals surface area (Å²) in [7, 11) is 1.47. The first-order valence-electron chi connectivity index (χ1n) is 22.9.